The van der Waals surface area contributed by atoms with E-state index in [-0.39, 0.29) is 29.8 Å². The highest BCUT2D eigenvalue weighted by Gasteiger charge is 2.42. The molecule has 1 aliphatic heterocycles. The predicted octanol–water partition coefficient (Wildman–Crippen LogP) is 3.12. The molecule has 0 radical (unpaired) electrons. The van der Waals surface area contributed by atoms with Crippen LogP contribution < -0.4 is 10.6 Å². The molecular weight excluding hydrogens is 426 g/mol. The number of non-ortho nitro benzene ring substituents is 1. The van der Waals surface area contributed by atoms with Crippen LogP contribution in [0.25, 0.3) is 5.69 Å². The van der Waals surface area contributed by atoms with Crippen LogP contribution in [-0.4, -0.2) is 32.4 Å². The normalized spacial score (nSPS) is 18.0. The third kappa shape index (κ3) is 4.22. The number of imide groups is 1. The molecule has 1 atom stereocenters. The van der Waals surface area contributed by atoms with E-state index in [0.29, 0.717) is 29.8 Å². The maximum absolute atomic E-state index is 12.6. The van der Waals surface area contributed by atoms with Crippen LogP contribution in [0, 0.1) is 10.1 Å². The van der Waals surface area contributed by atoms with Gasteiger partial charge in [0.15, 0.2) is 0 Å². The van der Waals surface area contributed by atoms with Crippen molar-refractivity contribution < 1.29 is 19.3 Å². The van der Waals surface area contributed by atoms with Gasteiger partial charge in [-0.25, -0.2) is 4.68 Å². The minimum absolute atomic E-state index is 0.0329. The van der Waals surface area contributed by atoms with E-state index in [9.17, 15) is 24.5 Å². The summed E-state index contributed by atoms with van der Waals surface area (Å²) in [6.07, 6.45) is 4.22. The number of hydrogen-bond donors (Lipinski definition) is 2. The average Bonchev–Trinajstić information content (AvgIpc) is 3.31. The van der Waals surface area contributed by atoms with Crippen LogP contribution in [0.15, 0.2) is 60.9 Å². The Labute approximate surface area is 188 Å². The lowest BCUT2D eigenvalue weighted by Gasteiger charge is -2.35. The molecule has 4 rings (SSSR count). The lowest BCUT2D eigenvalue weighted by molar-refractivity contribution is -0.384. The number of anilines is 1. The molecule has 168 valence electrons. The van der Waals surface area contributed by atoms with Crippen LogP contribution in [0.2, 0.25) is 0 Å². The van der Waals surface area contributed by atoms with Gasteiger partial charge in [0.05, 0.1) is 27.8 Å². The summed E-state index contributed by atoms with van der Waals surface area (Å²) in [6, 6.07) is 12.8. The predicted molar refractivity (Wildman–Crippen MR) is 119 cm³/mol. The maximum atomic E-state index is 12.6. The second kappa shape index (κ2) is 8.65. The molecule has 3 aromatic rings. The molecular formula is C23H21N5O5. The highest BCUT2D eigenvalue weighted by atomic mass is 16.6. The standard InChI is InChI=1S/C23H21N5O5/c1-2-23(12-11-20(29)26-22(23)31)16-3-5-17(6-4-16)25-21(30)15-13-24-27(14-15)18-7-9-19(10-8-18)28(32)33/h3-10,13-14H,2,11-12H2,1H3,(H,25,30)(H,26,29,31). The monoisotopic (exact) mass is 447 g/mol. The van der Waals surface area contributed by atoms with Crippen molar-refractivity contribution in [1.82, 2.24) is 15.1 Å². The van der Waals surface area contributed by atoms with E-state index in [1.54, 1.807) is 36.4 Å². The Hall–Kier alpha value is -4.34. The Bertz CT molecular complexity index is 1230. The molecule has 3 amide bonds. The minimum atomic E-state index is -0.762. The Morgan fingerprint density at radius 2 is 1.88 bits per heavy atom. The molecule has 1 saturated heterocycles. The summed E-state index contributed by atoms with van der Waals surface area (Å²) in [6.45, 7) is 1.91. The molecule has 10 nitrogen and oxygen atoms in total. The van der Waals surface area contributed by atoms with Gasteiger partial charge in [-0.2, -0.15) is 5.10 Å². The average molecular weight is 447 g/mol. The molecule has 0 saturated carbocycles. The smallest absolute Gasteiger partial charge is 0.269 e. The zero-order chi connectivity index (χ0) is 23.6. The summed E-state index contributed by atoms with van der Waals surface area (Å²) < 4.78 is 1.45. The first-order valence-electron chi connectivity index (χ1n) is 10.4. The van der Waals surface area contributed by atoms with E-state index in [2.05, 4.69) is 15.7 Å². The van der Waals surface area contributed by atoms with Gasteiger partial charge >= 0.3 is 0 Å². The SMILES string of the molecule is CCC1(c2ccc(NC(=O)c3cnn(-c4ccc([N+](=O)[O-])cc4)c3)cc2)CCC(=O)NC1=O. The number of piperidine rings is 1. The Balaban J connectivity index is 1.47. The largest absolute Gasteiger partial charge is 0.322 e. The molecule has 2 aromatic carbocycles. The van der Waals surface area contributed by atoms with E-state index in [0.717, 1.165) is 5.56 Å². The van der Waals surface area contributed by atoms with Gasteiger partial charge in [-0.1, -0.05) is 19.1 Å². The van der Waals surface area contributed by atoms with Gasteiger partial charge in [-0.3, -0.25) is 29.8 Å². The maximum Gasteiger partial charge on any atom is 0.269 e. The van der Waals surface area contributed by atoms with E-state index in [1.165, 1.54) is 29.2 Å². The first-order valence-corrected chi connectivity index (χ1v) is 10.4. The molecule has 0 bridgehead atoms. The van der Waals surface area contributed by atoms with Gasteiger partial charge in [0.1, 0.15) is 0 Å². The molecule has 10 heteroatoms. The Morgan fingerprint density at radius 3 is 2.48 bits per heavy atom. The van der Waals surface area contributed by atoms with Crippen molar-refractivity contribution in [1.29, 1.82) is 0 Å². The van der Waals surface area contributed by atoms with Crippen molar-refractivity contribution in [2.75, 3.05) is 5.32 Å². The number of nitrogens with one attached hydrogen (secondary N) is 2. The van der Waals surface area contributed by atoms with Gasteiger partial charge < -0.3 is 5.32 Å². The quantitative estimate of drug-likeness (QED) is 0.338. The van der Waals surface area contributed by atoms with Crippen LogP contribution in [0.5, 0.6) is 0 Å². The molecule has 0 spiro atoms. The second-order valence-corrected chi connectivity index (χ2v) is 7.79. The van der Waals surface area contributed by atoms with Crippen molar-refractivity contribution in [3.63, 3.8) is 0 Å². The number of benzene rings is 2. The first-order chi connectivity index (χ1) is 15.8. The van der Waals surface area contributed by atoms with Gasteiger partial charge in [-0.15, -0.1) is 0 Å². The minimum Gasteiger partial charge on any atom is -0.322 e. The summed E-state index contributed by atoms with van der Waals surface area (Å²) in [4.78, 5) is 47.0. The Morgan fingerprint density at radius 1 is 1.18 bits per heavy atom. The third-order valence-electron chi connectivity index (χ3n) is 5.94. The summed E-state index contributed by atoms with van der Waals surface area (Å²) in [7, 11) is 0. The molecule has 1 aromatic heterocycles. The van der Waals surface area contributed by atoms with Gasteiger partial charge in [0, 0.05) is 30.4 Å². The fourth-order valence-corrected chi connectivity index (χ4v) is 3.95. The lowest BCUT2D eigenvalue weighted by atomic mass is 9.72. The van der Waals surface area contributed by atoms with Crippen LogP contribution in [0.1, 0.15) is 42.1 Å². The number of rotatable bonds is 6. The van der Waals surface area contributed by atoms with Gasteiger partial charge in [0.25, 0.3) is 11.6 Å². The van der Waals surface area contributed by atoms with Crippen molar-refractivity contribution in [2.45, 2.75) is 31.6 Å². The highest BCUT2D eigenvalue weighted by molar-refractivity contribution is 6.05. The zero-order valence-corrected chi connectivity index (χ0v) is 17.8. The summed E-state index contributed by atoms with van der Waals surface area (Å²) >= 11 is 0. The summed E-state index contributed by atoms with van der Waals surface area (Å²) in [5.74, 6) is -0.930. The van der Waals surface area contributed by atoms with Crippen molar-refractivity contribution in [2.24, 2.45) is 0 Å². The number of hydrogen-bond acceptors (Lipinski definition) is 6. The molecule has 1 unspecified atom stereocenters. The molecule has 1 aliphatic rings. The van der Waals surface area contributed by atoms with Crippen molar-refractivity contribution in [3.8, 4) is 5.69 Å². The topological polar surface area (TPSA) is 136 Å². The fourth-order valence-electron chi connectivity index (χ4n) is 3.95. The zero-order valence-electron chi connectivity index (χ0n) is 17.8. The van der Waals surface area contributed by atoms with Gasteiger partial charge in [0.2, 0.25) is 11.8 Å². The van der Waals surface area contributed by atoms with Crippen LogP contribution in [-0.2, 0) is 15.0 Å². The van der Waals surface area contributed by atoms with Crippen molar-refractivity contribution >= 4 is 29.1 Å². The molecule has 0 aliphatic carbocycles. The number of carbonyl (C=O) groups excluding carboxylic acids is 3. The number of nitro benzene ring substituents is 1. The fraction of sp³-hybridized carbons (Fsp3) is 0.217. The van der Waals surface area contributed by atoms with Crippen molar-refractivity contribution in [3.05, 3.63) is 82.2 Å². The summed E-state index contributed by atoms with van der Waals surface area (Å²) in [5, 5.41) is 20.1. The van der Waals surface area contributed by atoms with Crippen LogP contribution in [0.4, 0.5) is 11.4 Å². The molecule has 33 heavy (non-hydrogen) atoms. The van der Waals surface area contributed by atoms with E-state index in [4.69, 9.17) is 0 Å². The highest BCUT2D eigenvalue weighted by Crippen LogP contribution is 2.36. The van der Waals surface area contributed by atoms with E-state index >= 15 is 0 Å². The number of aromatic nitrogens is 2. The van der Waals surface area contributed by atoms with Crippen LogP contribution in [0.3, 0.4) is 0 Å². The van der Waals surface area contributed by atoms with Gasteiger partial charge in [-0.05, 0) is 42.7 Å². The second-order valence-electron chi connectivity index (χ2n) is 7.79. The Kier molecular flexibility index (Phi) is 5.74. The summed E-state index contributed by atoms with van der Waals surface area (Å²) in [5.41, 5.74) is 1.44. The lowest BCUT2D eigenvalue weighted by Crippen LogP contribution is -2.51. The number of amides is 3. The molecule has 2 heterocycles. The van der Waals surface area contributed by atoms with E-state index < -0.39 is 10.3 Å². The first kappa shape index (κ1) is 21.9. The number of nitrogens with zero attached hydrogens (tertiary/aromatic N) is 3. The van der Waals surface area contributed by atoms with Crippen LogP contribution >= 0.6 is 0 Å². The number of nitro groups is 1. The molecule has 1 fully saturated rings. The third-order valence-corrected chi connectivity index (χ3v) is 5.94. The molecule has 2 N–H and O–H groups in total. The number of carbonyl (C=O) groups is 3. The van der Waals surface area contributed by atoms with E-state index in [1.807, 2.05) is 6.92 Å².